The molecular formula is C15H28N2O. The third kappa shape index (κ3) is 3.05. The molecular weight excluding hydrogens is 224 g/mol. The average molecular weight is 252 g/mol. The summed E-state index contributed by atoms with van der Waals surface area (Å²) in [5.74, 6) is 1.18. The van der Waals surface area contributed by atoms with Gasteiger partial charge in [-0.1, -0.05) is 26.2 Å². The number of hydrogen-bond donors (Lipinski definition) is 1. The van der Waals surface area contributed by atoms with Crippen LogP contribution in [0.25, 0.3) is 0 Å². The minimum Gasteiger partial charge on any atom is -0.340 e. The van der Waals surface area contributed by atoms with Gasteiger partial charge in [0.1, 0.15) is 0 Å². The second-order valence-electron chi connectivity index (χ2n) is 6.42. The molecule has 1 saturated carbocycles. The van der Waals surface area contributed by atoms with Gasteiger partial charge >= 0.3 is 0 Å². The largest absolute Gasteiger partial charge is 0.340 e. The summed E-state index contributed by atoms with van der Waals surface area (Å²) in [5, 5.41) is 0. The van der Waals surface area contributed by atoms with E-state index in [1.165, 1.54) is 19.3 Å². The molecule has 1 heterocycles. The number of hydrogen-bond acceptors (Lipinski definition) is 2. The Morgan fingerprint density at radius 1 is 1.11 bits per heavy atom. The van der Waals surface area contributed by atoms with Gasteiger partial charge in [0.25, 0.3) is 0 Å². The average Bonchev–Trinajstić information content (AvgIpc) is 2.53. The van der Waals surface area contributed by atoms with Crippen molar-refractivity contribution in [1.29, 1.82) is 0 Å². The van der Waals surface area contributed by atoms with Crippen LogP contribution in [0.2, 0.25) is 0 Å². The lowest BCUT2D eigenvalue weighted by Crippen LogP contribution is -2.50. The fourth-order valence-corrected chi connectivity index (χ4v) is 3.59. The first-order valence-electron chi connectivity index (χ1n) is 7.65. The van der Waals surface area contributed by atoms with E-state index < -0.39 is 0 Å². The maximum absolute atomic E-state index is 12.7. The van der Waals surface area contributed by atoms with Crippen molar-refractivity contribution >= 4 is 5.91 Å². The summed E-state index contributed by atoms with van der Waals surface area (Å²) in [4.78, 5) is 14.8. The number of amides is 1. The molecule has 4 unspecified atom stereocenters. The molecule has 0 aromatic carbocycles. The first kappa shape index (κ1) is 13.9. The molecule has 1 amide bonds. The van der Waals surface area contributed by atoms with Crippen molar-refractivity contribution < 1.29 is 4.79 Å². The first-order chi connectivity index (χ1) is 8.59. The van der Waals surface area contributed by atoms with Crippen LogP contribution in [0.3, 0.4) is 0 Å². The lowest BCUT2D eigenvalue weighted by Gasteiger charge is -2.39. The number of likely N-dealkylation sites (tertiary alicyclic amines) is 1. The van der Waals surface area contributed by atoms with E-state index in [9.17, 15) is 4.79 Å². The van der Waals surface area contributed by atoms with E-state index >= 15 is 0 Å². The molecule has 2 rings (SSSR count). The van der Waals surface area contributed by atoms with Crippen molar-refractivity contribution in [3.8, 4) is 0 Å². The van der Waals surface area contributed by atoms with Gasteiger partial charge in [-0.05, 0) is 38.5 Å². The third-order valence-corrected chi connectivity index (χ3v) is 4.81. The summed E-state index contributed by atoms with van der Waals surface area (Å²) >= 11 is 0. The Morgan fingerprint density at radius 2 is 1.83 bits per heavy atom. The van der Waals surface area contributed by atoms with E-state index in [1.54, 1.807) is 0 Å². The Balaban J connectivity index is 2.00. The van der Waals surface area contributed by atoms with Crippen LogP contribution < -0.4 is 5.73 Å². The minimum absolute atomic E-state index is 0.0864. The highest BCUT2D eigenvalue weighted by Crippen LogP contribution is 2.28. The topological polar surface area (TPSA) is 46.3 Å². The molecule has 0 radical (unpaired) electrons. The zero-order valence-electron chi connectivity index (χ0n) is 11.9. The summed E-state index contributed by atoms with van der Waals surface area (Å²) in [6.45, 7) is 5.41. The van der Waals surface area contributed by atoms with Crippen molar-refractivity contribution in [2.24, 2.45) is 17.6 Å². The molecule has 2 N–H and O–H groups in total. The Bertz CT molecular complexity index is 292. The molecule has 1 aliphatic carbocycles. The van der Waals surface area contributed by atoms with Gasteiger partial charge in [0.05, 0.1) is 5.92 Å². The molecule has 104 valence electrons. The molecule has 4 atom stereocenters. The van der Waals surface area contributed by atoms with Gasteiger partial charge in [-0.25, -0.2) is 0 Å². The number of rotatable bonds is 1. The molecule has 0 aromatic heterocycles. The Kier molecular flexibility index (Phi) is 4.66. The Labute approximate surface area is 111 Å². The zero-order valence-corrected chi connectivity index (χ0v) is 11.9. The highest BCUT2D eigenvalue weighted by Gasteiger charge is 2.34. The van der Waals surface area contributed by atoms with Gasteiger partial charge in [-0.2, -0.15) is 0 Å². The molecule has 0 bridgehead atoms. The maximum Gasteiger partial charge on any atom is 0.227 e. The lowest BCUT2D eigenvalue weighted by molar-refractivity contribution is -0.140. The van der Waals surface area contributed by atoms with Crippen molar-refractivity contribution in [3.63, 3.8) is 0 Å². The van der Waals surface area contributed by atoms with E-state index in [0.717, 1.165) is 38.1 Å². The standard InChI is InChI=1S/C15H28N2O/c1-11-8-9-17(12(2)10-11)15(18)13-6-4-3-5-7-14(13)16/h11-14H,3-10,16H2,1-2H3. The van der Waals surface area contributed by atoms with Crippen LogP contribution >= 0.6 is 0 Å². The predicted octanol–water partition coefficient (Wildman–Crippen LogP) is 2.54. The highest BCUT2D eigenvalue weighted by molar-refractivity contribution is 5.80. The molecule has 18 heavy (non-hydrogen) atoms. The van der Waals surface area contributed by atoms with Crippen LogP contribution in [0.5, 0.6) is 0 Å². The smallest absolute Gasteiger partial charge is 0.227 e. The summed E-state index contributed by atoms with van der Waals surface area (Å²) in [6, 6.07) is 0.489. The number of piperidine rings is 1. The van der Waals surface area contributed by atoms with Gasteiger partial charge in [0.2, 0.25) is 5.91 Å². The molecule has 0 aromatic rings. The van der Waals surface area contributed by atoms with Crippen LogP contribution in [0, 0.1) is 11.8 Å². The van der Waals surface area contributed by atoms with E-state index in [0.29, 0.717) is 11.9 Å². The van der Waals surface area contributed by atoms with Crippen LogP contribution in [0.1, 0.15) is 58.8 Å². The molecule has 2 aliphatic rings. The second-order valence-corrected chi connectivity index (χ2v) is 6.42. The third-order valence-electron chi connectivity index (χ3n) is 4.81. The summed E-state index contributed by atoms with van der Waals surface area (Å²) < 4.78 is 0. The van der Waals surface area contributed by atoms with E-state index in [2.05, 4.69) is 18.7 Å². The molecule has 1 saturated heterocycles. The predicted molar refractivity (Wildman–Crippen MR) is 74.1 cm³/mol. The van der Waals surface area contributed by atoms with Crippen molar-refractivity contribution in [1.82, 2.24) is 4.90 Å². The van der Waals surface area contributed by atoms with Crippen LogP contribution in [-0.2, 0) is 4.79 Å². The maximum atomic E-state index is 12.7. The lowest BCUT2D eigenvalue weighted by atomic mass is 9.89. The van der Waals surface area contributed by atoms with Gasteiger partial charge in [-0.15, -0.1) is 0 Å². The fraction of sp³-hybridized carbons (Fsp3) is 0.933. The van der Waals surface area contributed by atoms with Crippen LogP contribution in [-0.4, -0.2) is 29.4 Å². The van der Waals surface area contributed by atoms with Crippen LogP contribution in [0.15, 0.2) is 0 Å². The van der Waals surface area contributed by atoms with Crippen molar-refractivity contribution in [2.75, 3.05) is 6.54 Å². The number of nitrogens with zero attached hydrogens (tertiary/aromatic N) is 1. The zero-order chi connectivity index (χ0) is 13.1. The summed E-state index contributed by atoms with van der Waals surface area (Å²) in [7, 11) is 0. The molecule has 0 spiro atoms. The van der Waals surface area contributed by atoms with E-state index in [4.69, 9.17) is 5.73 Å². The molecule has 2 fully saturated rings. The van der Waals surface area contributed by atoms with Crippen molar-refractivity contribution in [3.05, 3.63) is 0 Å². The SMILES string of the molecule is CC1CCN(C(=O)C2CCCCCC2N)C(C)C1. The van der Waals surface area contributed by atoms with Gasteiger partial charge in [-0.3, -0.25) is 4.79 Å². The van der Waals surface area contributed by atoms with Crippen molar-refractivity contribution in [2.45, 2.75) is 70.9 Å². The summed E-state index contributed by atoms with van der Waals surface area (Å²) in [6.07, 6.45) is 7.92. The van der Waals surface area contributed by atoms with Gasteiger partial charge in [0, 0.05) is 18.6 Å². The van der Waals surface area contributed by atoms with Crippen LogP contribution in [0.4, 0.5) is 0 Å². The van der Waals surface area contributed by atoms with E-state index in [-0.39, 0.29) is 12.0 Å². The normalized spacial score (nSPS) is 38.3. The number of carbonyl (C=O) groups excluding carboxylic acids is 1. The quantitative estimate of drug-likeness (QED) is 0.729. The molecule has 1 aliphatic heterocycles. The Morgan fingerprint density at radius 3 is 2.56 bits per heavy atom. The summed E-state index contributed by atoms with van der Waals surface area (Å²) in [5.41, 5.74) is 6.21. The monoisotopic (exact) mass is 252 g/mol. The van der Waals surface area contributed by atoms with Gasteiger partial charge in [0.15, 0.2) is 0 Å². The van der Waals surface area contributed by atoms with E-state index in [1.807, 2.05) is 0 Å². The highest BCUT2D eigenvalue weighted by atomic mass is 16.2. The number of carbonyl (C=O) groups is 1. The second kappa shape index (κ2) is 6.05. The number of nitrogens with two attached hydrogens (primary N) is 1. The molecule has 3 nitrogen and oxygen atoms in total. The first-order valence-corrected chi connectivity index (χ1v) is 7.65. The minimum atomic E-state index is 0.0864. The Hall–Kier alpha value is -0.570. The van der Waals surface area contributed by atoms with Gasteiger partial charge < -0.3 is 10.6 Å². The molecule has 3 heteroatoms. The fourth-order valence-electron chi connectivity index (χ4n) is 3.59.